The van der Waals surface area contributed by atoms with Crippen LogP contribution in [0.3, 0.4) is 0 Å². The molecular formula is C33H49N2O9P3+2. The lowest BCUT2D eigenvalue weighted by molar-refractivity contribution is 0.204. The molecule has 11 nitrogen and oxygen atoms in total. The lowest BCUT2D eigenvalue weighted by Crippen LogP contribution is -2.18. The van der Waals surface area contributed by atoms with Crippen LogP contribution in [-0.2, 0) is 47.0 Å². The molecule has 0 aliphatic rings. The average molecular weight is 711 g/mol. The van der Waals surface area contributed by atoms with Gasteiger partial charge in [-0.15, -0.1) is 9.05 Å². The largest absolute Gasteiger partial charge is 0.605 e. The number of hydrogen-bond acceptors (Lipinski definition) is 11. The van der Waals surface area contributed by atoms with Gasteiger partial charge in [0.2, 0.25) is 4.52 Å². The second-order valence-corrected chi connectivity index (χ2v) is 15.1. The molecule has 258 valence electrons. The van der Waals surface area contributed by atoms with Crippen molar-refractivity contribution in [1.82, 2.24) is 4.86 Å². The first-order chi connectivity index (χ1) is 23.0. The van der Waals surface area contributed by atoms with Crippen LogP contribution in [0.4, 0.5) is 0 Å². The van der Waals surface area contributed by atoms with Crippen LogP contribution in [0, 0.1) is 0 Å². The molecule has 3 aromatic carbocycles. The second kappa shape index (κ2) is 22.4. The van der Waals surface area contributed by atoms with Crippen LogP contribution in [0.15, 0.2) is 77.3 Å². The van der Waals surface area contributed by atoms with Crippen LogP contribution in [0.5, 0.6) is 17.2 Å². The molecule has 1 N–H and O–H groups in total. The molecular weight excluding hydrogens is 661 g/mol. The number of nitrogens with one attached hydrogen (secondary N) is 1. The molecule has 0 fully saturated rings. The highest BCUT2D eigenvalue weighted by Crippen LogP contribution is 2.68. The molecule has 0 bridgehead atoms. The van der Waals surface area contributed by atoms with Gasteiger partial charge in [-0.05, 0) is 42.3 Å². The van der Waals surface area contributed by atoms with Gasteiger partial charge in [0.15, 0.2) is 0 Å². The average Bonchev–Trinajstić information content (AvgIpc) is 3.12. The third kappa shape index (κ3) is 13.3. The zero-order valence-electron chi connectivity index (χ0n) is 28.3. The predicted molar refractivity (Wildman–Crippen MR) is 188 cm³/mol. The zero-order chi connectivity index (χ0) is 33.7. The van der Waals surface area contributed by atoms with Crippen LogP contribution in [0.25, 0.3) is 0 Å². The molecule has 0 heterocycles. The summed E-state index contributed by atoms with van der Waals surface area (Å²) in [4.78, 5) is 3.45. The summed E-state index contributed by atoms with van der Waals surface area (Å²) in [5.74, 6) is 2.13. The molecule has 47 heavy (non-hydrogen) atoms. The molecule has 0 aliphatic carbocycles. The van der Waals surface area contributed by atoms with Gasteiger partial charge in [-0.25, -0.2) is 0 Å². The molecule has 0 aromatic heterocycles. The van der Waals surface area contributed by atoms with Crippen molar-refractivity contribution < 1.29 is 41.4 Å². The first-order valence-electron chi connectivity index (χ1n) is 15.7. The van der Waals surface area contributed by atoms with Gasteiger partial charge in [0.25, 0.3) is 8.53 Å². The summed E-state index contributed by atoms with van der Waals surface area (Å²) < 4.78 is 60.1. The van der Waals surface area contributed by atoms with E-state index < -0.39 is 24.7 Å². The number of ether oxygens (including phenoxy) is 3. The summed E-state index contributed by atoms with van der Waals surface area (Å²) in [5.41, 5.74) is 2.58. The van der Waals surface area contributed by atoms with E-state index in [1.807, 2.05) is 93.6 Å². The van der Waals surface area contributed by atoms with E-state index in [0.29, 0.717) is 31.3 Å². The van der Waals surface area contributed by atoms with E-state index in [4.69, 9.17) is 45.9 Å². The zero-order valence-corrected chi connectivity index (χ0v) is 30.9. The Morgan fingerprint density at radius 2 is 1.11 bits per heavy atom. The summed E-state index contributed by atoms with van der Waals surface area (Å²) >= 11 is 0. The summed E-state index contributed by atoms with van der Waals surface area (Å²) in [5, 5.41) is 0. The maximum absolute atomic E-state index is 6.67. The number of rotatable bonds is 24. The predicted octanol–water partition coefficient (Wildman–Crippen LogP) is 9.93. The summed E-state index contributed by atoms with van der Waals surface area (Å²) in [7, 11) is -2.08. The van der Waals surface area contributed by atoms with E-state index in [9.17, 15) is 0 Å². The quantitative estimate of drug-likeness (QED) is 0.0903. The van der Waals surface area contributed by atoms with Gasteiger partial charge in [0.05, 0.1) is 41.2 Å². The van der Waals surface area contributed by atoms with E-state index in [1.54, 1.807) is 21.3 Å². The van der Waals surface area contributed by atoms with Crippen molar-refractivity contribution in [2.24, 2.45) is 4.52 Å². The van der Waals surface area contributed by atoms with Gasteiger partial charge in [-0.1, -0.05) is 75.4 Å². The van der Waals surface area contributed by atoms with Crippen molar-refractivity contribution in [3.8, 4) is 17.2 Å². The van der Waals surface area contributed by atoms with E-state index in [-0.39, 0.29) is 19.8 Å². The summed E-state index contributed by atoms with van der Waals surface area (Å²) in [6, 6.07) is 23.1. The summed E-state index contributed by atoms with van der Waals surface area (Å²) in [6.45, 7) is 7.95. The minimum absolute atomic E-state index is 0.144. The molecule has 14 heteroatoms. The maximum atomic E-state index is 6.67. The molecule has 0 spiro atoms. The molecule has 0 aliphatic heterocycles. The van der Waals surface area contributed by atoms with Gasteiger partial charge in [0.1, 0.15) is 37.1 Å². The standard InChI is InChI=1S/C33H49N2O9P3/c1-7-22-39-45(41-25-28-16-10-13-19-31(28)36-4)34-47(43-24-9-3,44-27-30-18-12-15-21-33(30)38-6)35-46(40-23-8-2)42-26-29-17-11-14-20-32(29)37-5/h10-21,34H,7-9,22-27H2,1-6H3/q+2. The van der Waals surface area contributed by atoms with Crippen molar-refractivity contribution in [3.05, 3.63) is 89.5 Å². The molecule has 0 radical (unpaired) electrons. The van der Waals surface area contributed by atoms with Crippen molar-refractivity contribution in [3.63, 3.8) is 0 Å². The van der Waals surface area contributed by atoms with Crippen LogP contribution in [0.2, 0.25) is 0 Å². The normalized spacial score (nSPS) is 13.6. The number of benzene rings is 3. The topological polar surface area (TPSA) is 107 Å². The molecule has 0 saturated heterocycles. The molecule has 0 amide bonds. The van der Waals surface area contributed by atoms with Crippen LogP contribution < -0.4 is 19.1 Å². The monoisotopic (exact) mass is 710 g/mol. The van der Waals surface area contributed by atoms with Crippen molar-refractivity contribution in [1.29, 1.82) is 0 Å². The SMILES string of the molecule is CCCOP(N[P+](N=[P+](OCCC)OCc1ccccc1OC)(OCCC)OCc1ccccc1OC)OCc1ccccc1OC. The van der Waals surface area contributed by atoms with Crippen LogP contribution in [-0.4, -0.2) is 41.2 Å². The third-order valence-corrected chi connectivity index (χ3v) is 12.1. The summed E-state index contributed by atoms with van der Waals surface area (Å²) in [6.07, 6.45) is 2.29. The molecule has 3 unspecified atom stereocenters. The van der Waals surface area contributed by atoms with E-state index in [2.05, 4.69) is 4.86 Å². The molecule has 3 aromatic rings. The maximum Gasteiger partial charge on any atom is 0.605 e. The highest BCUT2D eigenvalue weighted by molar-refractivity contribution is 7.74. The first kappa shape index (κ1) is 39.2. The van der Waals surface area contributed by atoms with Gasteiger partial charge >= 0.3 is 16.2 Å². The van der Waals surface area contributed by atoms with Crippen molar-refractivity contribution in [2.45, 2.75) is 59.9 Å². The van der Waals surface area contributed by atoms with Crippen molar-refractivity contribution >= 4 is 24.7 Å². The number of nitrogens with zero attached hydrogens (tertiary/aromatic N) is 1. The minimum Gasteiger partial charge on any atom is -0.496 e. The number of hydrogen-bond donors (Lipinski definition) is 1. The minimum atomic E-state index is -3.37. The fourth-order valence-electron chi connectivity index (χ4n) is 3.99. The van der Waals surface area contributed by atoms with Gasteiger partial charge in [0, 0.05) is 16.7 Å². The van der Waals surface area contributed by atoms with E-state index in [1.165, 1.54) is 0 Å². The fraction of sp³-hybridized carbons (Fsp3) is 0.455. The fourth-order valence-corrected chi connectivity index (χ4v) is 10.0. The van der Waals surface area contributed by atoms with E-state index in [0.717, 1.165) is 41.7 Å². The van der Waals surface area contributed by atoms with E-state index >= 15 is 0 Å². The molecule has 3 atom stereocenters. The Bertz CT molecular complexity index is 1350. The van der Waals surface area contributed by atoms with Gasteiger partial charge < -0.3 is 23.3 Å². The third-order valence-electron chi connectivity index (χ3n) is 6.33. The Morgan fingerprint density at radius 1 is 0.596 bits per heavy atom. The Balaban J connectivity index is 2.03. The van der Waals surface area contributed by atoms with Crippen LogP contribution in [0.1, 0.15) is 56.7 Å². The highest BCUT2D eigenvalue weighted by Gasteiger charge is 2.55. The molecule has 3 rings (SSSR count). The first-order valence-corrected chi connectivity index (χ1v) is 19.6. The second-order valence-electron chi connectivity index (χ2n) is 9.96. The lowest BCUT2D eigenvalue weighted by atomic mass is 10.2. The number of para-hydroxylation sites is 3. The Hall–Kier alpha value is -2.26. The smallest absolute Gasteiger partial charge is 0.496 e. The Kier molecular flexibility index (Phi) is 18.7. The van der Waals surface area contributed by atoms with Gasteiger partial charge in [-0.3, -0.25) is 0 Å². The lowest BCUT2D eigenvalue weighted by Gasteiger charge is -2.22. The number of methoxy groups -OCH3 is 3. The Labute approximate surface area is 282 Å². The van der Waals surface area contributed by atoms with Crippen LogP contribution >= 0.6 is 24.7 Å². The molecule has 0 saturated carbocycles. The van der Waals surface area contributed by atoms with Crippen molar-refractivity contribution in [2.75, 3.05) is 41.2 Å². The Morgan fingerprint density at radius 3 is 1.64 bits per heavy atom. The van der Waals surface area contributed by atoms with Gasteiger partial charge in [-0.2, -0.15) is 9.05 Å². The highest BCUT2D eigenvalue weighted by atomic mass is 31.3.